The smallest absolute Gasteiger partial charge is 0.324 e. The predicted molar refractivity (Wildman–Crippen MR) is 107 cm³/mol. The van der Waals surface area contributed by atoms with E-state index in [4.69, 9.17) is 10.5 Å². The lowest BCUT2D eigenvalue weighted by Gasteiger charge is -2.24. The van der Waals surface area contributed by atoms with E-state index in [1.165, 1.54) is 12.1 Å². The van der Waals surface area contributed by atoms with Crippen molar-refractivity contribution in [3.8, 4) is 0 Å². The number of sulfonamides is 1. The Morgan fingerprint density at radius 1 is 1.07 bits per heavy atom. The second-order valence-corrected chi connectivity index (χ2v) is 9.29. The molecule has 3 amide bonds. The molecular formula is C19H29N3O6S. The van der Waals surface area contributed by atoms with Gasteiger partial charge in [0.2, 0.25) is 10.0 Å². The third-order valence-electron chi connectivity index (χ3n) is 3.97. The summed E-state index contributed by atoms with van der Waals surface area (Å²) in [4.78, 5) is 35.7. The van der Waals surface area contributed by atoms with Gasteiger partial charge in [0.25, 0.3) is 5.91 Å². The molecule has 29 heavy (non-hydrogen) atoms. The second kappa shape index (κ2) is 10.4. The maximum absolute atomic E-state index is 12.7. The van der Waals surface area contributed by atoms with Gasteiger partial charge in [0.15, 0.2) is 6.10 Å². The van der Waals surface area contributed by atoms with Gasteiger partial charge in [-0.2, -0.15) is 4.72 Å². The Labute approximate surface area is 171 Å². The van der Waals surface area contributed by atoms with Crippen molar-refractivity contribution in [2.45, 2.75) is 58.1 Å². The molecule has 0 saturated carbocycles. The van der Waals surface area contributed by atoms with Crippen molar-refractivity contribution in [2.75, 3.05) is 0 Å². The highest BCUT2D eigenvalue weighted by Crippen LogP contribution is 2.16. The first-order valence-corrected chi connectivity index (χ1v) is 10.7. The monoisotopic (exact) mass is 427 g/mol. The van der Waals surface area contributed by atoms with Gasteiger partial charge in [-0.3, -0.25) is 14.9 Å². The summed E-state index contributed by atoms with van der Waals surface area (Å²) in [6.45, 7) is 8.70. The molecule has 0 heterocycles. The highest BCUT2D eigenvalue weighted by Gasteiger charge is 2.33. The van der Waals surface area contributed by atoms with Crippen LogP contribution >= 0.6 is 0 Å². The van der Waals surface area contributed by atoms with Gasteiger partial charge in [0.05, 0.1) is 4.90 Å². The van der Waals surface area contributed by atoms with E-state index >= 15 is 0 Å². The predicted octanol–water partition coefficient (Wildman–Crippen LogP) is 1.45. The normalized spacial score (nSPS) is 13.8. The number of urea groups is 1. The lowest BCUT2D eigenvalue weighted by molar-refractivity contribution is -0.160. The number of carbonyl (C=O) groups excluding carboxylic acids is 3. The summed E-state index contributed by atoms with van der Waals surface area (Å²) in [7, 11) is -3.99. The van der Waals surface area contributed by atoms with Gasteiger partial charge in [-0.05, 0) is 37.3 Å². The van der Waals surface area contributed by atoms with Crippen molar-refractivity contribution in [1.29, 1.82) is 0 Å². The van der Waals surface area contributed by atoms with Crippen LogP contribution in [-0.2, 0) is 24.3 Å². The standard InChI is InChI=1S/C19H29N3O6S/c1-11(2)10-15(22-29(26,27)14-8-6-13(5)7-9-14)18(24)28-16(12(3)4)17(23)21-19(20)25/h6-9,11-12,15-16,22H,10H2,1-5H3,(H3,20,21,23,25)/t15-,16-/m0/s1. The summed E-state index contributed by atoms with van der Waals surface area (Å²) in [6.07, 6.45) is -1.14. The molecule has 0 bridgehead atoms. The van der Waals surface area contributed by atoms with Crippen LogP contribution in [0.3, 0.4) is 0 Å². The molecule has 4 N–H and O–H groups in total. The number of imide groups is 1. The fourth-order valence-corrected chi connectivity index (χ4v) is 3.73. The molecule has 1 aromatic carbocycles. The number of nitrogens with two attached hydrogens (primary N) is 1. The topological polar surface area (TPSA) is 145 Å². The fraction of sp³-hybridized carbons (Fsp3) is 0.526. The number of rotatable bonds is 9. The van der Waals surface area contributed by atoms with Crippen LogP contribution in [0, 0.1) is 18.8 Å². The van der Waals surface area contributed by atoms with Crippen LogP contribution in [0.1, 0.15) is 39.7 Å². The van der Waals surface area contributed by atoms with Crippen LogP contribution in [0.25, 0.3) is 0 Å². The number of hydrogen-bond donors (Lipinski definition) is 3. The van der Waals surface area contributed by atoms with Crippen molar-refractivity contribution < 1.29 is 27.5 Å². The minimum Gasteiger partial charge on any atom is -0.451 e. The molecule has 1 aromatic rings. The number of aryl methyl sites for hydroxylation is 1. The molecule has 0 aliphatic rings. The molecule has 0 aliphatic carbocycles. The van der Waals surface area contributed by atoms with Gasteiger partial charge in [-0.1, -0.05) is 45.4 Å². The van der Waals surface area contributed by atoms with E-state index in [0.717, 1.165) is 5.56 Å². The first kappa shape index (κ1) is 24.6. The summed E-state index contributed by atoms with van der Waals surface area (Å²) >= 11 is 0. The van der Waals surface area contributed by atoms with Crippen LogP contribution in [-0.4, -0.2) is 38.5 Å². The van der Waals surface area contributed by atoms with Gasteiger partial charge in [0, 0.05) is 0 Å². The molecule has 10 heteroatoms. The van der Waals surface area contributed by atoms with E-state index in [-0.39, 0.29) is 17.2 Å². The zero-order valence-electron chi connectivity index (χ0n) is 17.3. The van der Waals surface area contributed by atoms with E-state index in [2.05, 4.69) is 4.72 Å². The minimum atomic E-state index is -3.99. The summed E-state index contributed by atoms with van der Waals surface area (Å²) in [5, 5.41) is 1.87. The lowest BCUT2D eigenvalue weighted by Crippen LogP contribution is -2.49. The highest BCUT2D eigenvalue weighted by atomic mass is 32.2. The summed E-state index contributed by atoms with van der Waals surface area (Å²) in [6, 6.07) is 3.89. The van der Waals surface area contributed by atoms with Gasteiger partial charge in [-0.25, -0.2) is 13.2 Å². The number of hydrogen-bond acceptors (Lipinski definition) is 6. The van der Waals surface area contributed by atoms with Crippen LogP contribution in [0.2, 0.25) is 0 Å². The van der Waals surface area contributed by atoms with E-state index in [1.807, 2.05) is 26.1 Å². The van der Waals surface area contributed by atoms with Crippen molar-refractivity contribution in [3.05, 3.63) is 29.8 Å². The Bertz CT molecular complexity index is 834. The van der Waals surface area contributed by atoms with Crippen LogP contribution in [0.15, 0.2) is 29.2 Å². The Morgan fingerprint density at radius 2 is 1.62 bits per heavy atom. The first-order chi connectivity index (χ1) is 13.3. The number of nitrogens with one attached hydrogen (secondary N) is 2. The first-order valence-electron chi connectivity index (χ1n) is 9.23. The average molecular weight is 428 g/mol. The van der Waals surface area contributed by atoms with Gasteiger partial charge in [-0.15, -0.1) is 0 Å². The maximum atomic E-state index is 12.7. The highest BCUT2D eigenvalue weighted by molar-refractivity contribution is 7.89. The molecule has 2 atom stereocenters. The van der Waals surface area contributed by atoms with E-state index < -0.39 is 46.0 Å². The van der Waals surface area contributed by atoms with Gasteiger partial charge >= 0.3 is 12.0 Å². The molecule has 0 radical (unpaired) electrons. The second-order valence-electron chi connectivity index (χ2n) is 7.57. The number of amides is 3. The zero-order valence-corrected chi connectivity index (χ0v) is 18.1. The van der Waals surface area contributed by atoms with Crippen molar-refractivity contribution >= 4 is 27.9 Å². The largest absolute Gasteiger partial charge is 0.451 e. The van der Waals surface area contributed by atoms with Crippen molar-refractivity contribution in [3.63, 3.8) is 0 Å². The third kappa shape index (κ3) is 7.82. The average Bonchev–Trinajstić information content (AvgIpc) is 2.57. The Balaban J connectivity index is 3.06. The van der Waals surface area contributed by atoms with Crippen LogP contribution in [0.4, 0.5) is 4.79 Å². The lowest BCUT2D eigenvalue weighted by atomic mass is 10.0. The molecule has 9 nitrogen and oxygen atoms in total. The molecule has 0 aliphatic heterocycles. The van der Waals surface area contributed by atoms with Gasteiger partial charge in [0.1, 0.15) is 6.04 Å². The minimum absolute atomic E-state index is 0.0107. The van der Waals surface area contributed by atoms with E-state index in [1.54, 1.807) is 26.0 Å². The van der Waals surface area contributed by atoms with E-state index in [9.17, 15) is 22.8 Å². The summed E-state index contributed by atoms with van der Waals surface area (Å²) < 4.78 is 33.0. The molecule has 0 spiro atoms. The molecule has 0 unspecified atom stereocenters. The summed E-state index contributed by atoms with van der Waals surface area (Å²) in [5.74, 6) is -2.28. The van der Waals surface area contributed by atoms with Crippen LogP contribution < -0.4 is 15.8 Å². The molecule has 0 aromatic heterocycles. The Kier molecular flexibility index (Phi) is 8.78. The number of primary amides is 1. The quantitative estimate of drug-likeness (QED) is 0.509. The number of esters is 1. The SMILES string of the molecule is Cc1ccc(S(=O)(=O)N[C@@H](CC(C)C)C(=O)O[C@H](C(=O)NC(N)=O)C(C)C)cc1. The van der Waals surface area contributed by atoms with Crippen molar-refractivity contribution in [1.82, 2.24) is 10.0 Å². The third-order valence-corrected chi connectivity index (χ3v) is 5.46. The molecule has 0 saturated heterocycles. The number of benzene rings is 1. The van der Waals surface area contributed by atoms with Crippen molar-refractivity contribution in [2.24, 2.45) is 17.6 Å². The molecule has 1 rings (SSSR count). The number of ether oxygens (including phenoxy) is 1. The molecule has 0 fully saturated rings. The fourth-order valence-electron chi connectivity index (χ4n) is 2.53. The molecular weight excluding hydrogens is 398 g/mol. The van der Waals surface area contributed by atoms with Gasteiger partial charge < -0.3 is 10.5 Å². The zero-order chi connectivity index (χ0) is 22.4. The Hall–Kier alpha value is -2.46. The van der Waals surface area contributed by atoms with Crippen LogP contribution in [0.5, 0.6) is 0 Å². The maximum Gasteiger partial charge on any atom is 0.324 e. The summed E-state index contributed by atoms with van der Waals surface area (Å²) in [5.41, 5.74) is 5.83. The molecule has 162 valence electrons. The van der Waals surface area contributed by atoms with E-state index in [0.29, 0.717) is 0 Å². The Morgan fingerprint density at radius 3 is 2.07 bits per heavy atom. The number of carbonyl (C=O) groups is 3.